The van der Waals surface area contributed by atoms with Crippen molar-refractivity contribution in [2.45, 2.75) is 26.2 Å². The van der Waals surface area contributed by atoms with Crippen molar-refractivity contribution in [2.75, 3.05) is 18.4 Å². The number of sulfonamides is 1. The van der Waals surface area contributed by atoms with E-state index in [0.717, 1.165) is 23.8 Å². The summed E-state index contributed by atoms with van der Waals surface area (Å²) in [4.78, 5) is 12.2. The van der Waals surface area contributed by atoms with Gasteiger partial charge < -0.3 is 9.84 Å². The molecule has 0 saturated heterocycles. The molecule has 0 radical (unpaired) electrons. The van der Waals surface area contributed by atoms with Crippen LogP contribution in [0.15, 0.2) is 52.6 Å². The smallest absolute Gasteiger partial charge is 0.240 e. The highest BCUT2D eigenvalue weighted by Crippen LogP contribution is 2.11. The molecule has 0 spiro atoms. The molecule has 1 aromatic carbocycles. The number of anilines is 1. The number of unbranched alkanes of at least 4 members (excludes halogenated alkanes) is 2. The molecule has 2 rings (SSSR count). The van der Waals surface area contributed by atoms with Crippen LogP contribution in [-0.2, 0) is 14.8 Å². The zero-order valence-electron chi connectivity index (χ0n) is 14.7. The number of nitrogens with one attached hydrogen (secondary N) is 1. The van der Waals surface area contributed by atoms with Crippen molar-refractivity contribution in [3.8, 4) is 0 Å². The Morgan fingerprint density at radius 2 is 2.00 bits per heavy atom. The first-order valence-corrected chi connectivity index (χ1v) is 9.95. The second kappa shape index (κ2) is 9.88. The highest BCUT2D eigenvalue weighted by Gasteiger charge is 2.22. The SMILES string of the molecule is CCCCCN(CC(=O)Nc1ccon1)S(=O)(=O)/C=C/c1ccccc1. The molecule has 0 saturated carbocycles. The van der Waals surface area contributed by atoms with Gasteiger partial charge >= 0.3 is 0 Å². The summed E-state index contributed by atoms with van der Waals surface area (Å²) in [5.41, 5.74) is 0.775. The van der Waals surface area contributed by atoms with Gasteiger partial charge in [0.05, 0.1) is 6.54 Å². The Labute approximate surface area is 153 Å². The number of nitrogens with zero attached hydrogens (tertiary/aromatic N) is 2. The Morgan fingerprint density at radius 1 is 1.23 bits per heavy atom. The second-order valence-corrected chi connectivity index (χ2v) is 7.55. The molecule has 8 heteroatoms. The van der Waals surface area contributed by atoms with Gasteiger partial charge in [-0.2, -0.15) is 4.31 Å². The monoisotopic (exact) mass is 377 g/mol. The van der Waals surface area contributed by atoms with E-state index >= 15 is 0 Å². The number of carbonyl (C=O) groups is 1. The molecule has 0 fully saturated rings. The number of carbonyl (C=O) groups excluding carboxylic acids is 1. The van der Waals surface area contributed by atoms with Crippen molar-refractivity contribution in [1.29, 1.82) is 0 Å². The van der Waals surface area contributed by atoms with Crippen LogP contribution in [0.2, 0.25) is 0 Å². The Kier molecular flexibility index (Phi) is 7.55. The van der Waals surface area contributed by atoms with Crippen LogP contribution < -0.4 is 5.32 Å². The standard InChI is InChI=1S/C18H23N3O4S/c1-2-3-7-12-21(15-18(22)19-17-10-13-25-20-17)26(23,24)14-11-16-8-5-4-6-9-16/h4-6,8-11,13-14H,2-3,7,12,15H2,1H3,(H,19,20,22)/b14-11+. The summed E-state index contributed by atoms with van der Waals surface area (Å²) in [5.74, 6) is -0.215. The van der Waals surface area contributed by atoms with Crippen LogP contribution in [0.25, 0.3) is 6.08 Å². The first-order chi connectivity index (χ1) is 12.5. The second-order valence-electron chi connectivity index (χ2n) is 5.73. The third-order valence-electron chi connectivity index (χ3n) is 3.63. The molecule has 0 atom stereocenters. The highest BCUT2D eigenvalue weighted by molar-refractivity contribution is 7.92. The van der Waals surface area contributed by atoms with Gasteiger partial charge in [0.25, 0.3) is 0 Å². The van der Waals surface area contributed by atoms with Gasteiger partial charge in [0.15, 0.2) is 5.82 Å². The third-order valence-corrected chi connectivity index (χ3v) is 5.14. The average Bonchev–Trinajstić information content (AvgIpc) is 3.13. The zero-order valence-corrected chi connectivity index (χ0v) is 15.5. The van der Waals surface area contributed by atoms with Crippen molar-refractivity contribution < 1.29 is 17.7 Å². The number of rotatable bonds is 10. The minimum atomic E-state index is -3.73. The van der Waals surface area contributed by atoms with E-state index in [4.69, 9.17) is 0 Å². The van der Waals surface area contributed by atoms with E-state index in [9.17, 15) is 13.2 Å². The predicted octanol–water partition coefficient (Wildman–Crippen LogP) is 3.11. The number of hydrogen-bond donors (Lipinski definition) is 1. The maximum atomic E-state index is 12.7. The van der Waals surface area contributed by atoms with Crippen LogP contribution in [0, 0.1) is 0 Å². The largest absolute Gasteiger partial charge is 0.363 e. The molecule has 0 aliphatic carbocycles. The summed E-state index contributed by atoms with van der Waals surface area (Å²) in [6.07, 6.45) is 5.38. The molecule has 1 amide bonds. The predicted molar refractivity (Wildman–Crippen MR) is 101 cm³/mol. The Hall–Kier alpha value is -2.45. The van der Waals surface area contributed by atoms with Crippen LogP contribution in [0.5, 0.6) is 0 Å². The number of amides is 1. The Balaban J connectivity index is 2.08. The first kappa shape index (κ1) is 19.9. The lowest BCUT2D eigenvalue weighted by molar-refractivity contribution is -0.116. The minimum absolute atomic E-state index is 0.251. The fourth-order valence-corrected chi connectivity index (χ4v) is 3.45. The van der Waals surface area contributed by atoms with Gasteiger partial charge in [-0.1, -0.05) is 55.3 Å². The molecule has 0 aliphatic rings. The molecule has 7 nitrogen and oxygen atoms in total. The summed E-state index contributed by atoms with van der Waals surface area (Å²) in [6.45, 7) is 2.03. The summed E-state index contributed by atoms with van der Waals surface area (Å²) in [5, 5.41) is 7.24. The van der Waals surface area contributed by atoms with Crippen LogP contribution in [0.3, 0.4) is 0 Å². The van der Waals surface area contributed by atoms with E-state index in [2.05, 4.69) is 15.0 Å². The summed E-state index contributed by atoms with van der Waals surface area (Å²) in [6, 6.07) is 10.6. The lowest BCUT2D eigenvalue weighted by Gasteiger charge is -2.19. The lowest BCUT2D eigenvalue weighted by Crippen LogP contribution is -2.37. The van der Waals surface area contributed by atoms with Crippen LogP contribution in [0.4, 0.5) is 5.82 Å². The molecule has 1 N–H and O–H groups in total. The lowest BCUT2D eigenvalue weighted by atomic mass is 10.2. The normalized spacial score (nSPS) is 11.9. The van der Waals surface area contributed by atoms with Crippen LogP contribution in [-0.4, -0.2) is 36.9 Å². The van der Waals surface area contributed by atoms with Gasteiger partial charge in [0, 0.05) is 18.0 Å². The third kappa shape index (κ3) is 6.45. The zero-order chi connectivity index (χ0) is 18.8. The molecule has 0 unspecified atom stereocenters. The van der Waals surface area contributed by atoms with Crippen molar-refractivity contribution in [2.24, 2.45) is 0 Å². The van der Waals surface area contributed by atoms with Gasteiger partial charge in [-0.15, -0.1) is 0 Å². The van der Waals surface area contributed by atoms with E-state index in [1.54, 1.807) is 0 Å². The fourth-order valence-electron chi connectivity index (χ4n) is 2.27. The van der Waals surface area contributed by atoms with Gasteiger partial charge in [-0.3, -0.25) is 4.79 Å². The fraction of sp³-hybridized carbons (Fsp3) is 0.333. The van der Waals surface area contributed by atoms with Gasteiger partial charge in [0.1, 0.15) is 6.26 Å². The molecule has 140 valence electrons. The van der Waals surface area contributed by atoms with Gasteiger partial charge in [-0.05, 0) is 18.1 Å². The molecule has 26 heavy (non-hydrogen) atoms. The number of aromatic nitrogens is 1. The topological polar surface area (TPSA) is 92.5 Å². The van der Waals surface area contributed by atoms with Gasteiger partial charge in [-0.25, -0.2) is 8.42 Å². The van der Waals surface area contributed by atoms with E-state index in [1.807, 2.05) is 37.3 Å². The van der Waals surface area contributed by atoms with Gasteiger partial charge in [0.2, 0.25) is 15.9 Å². The van der Waals surface area contributed by atoms with Crippen LogP contribution in [0.1, 0.15) is 31.7 Å². The maximum Gasteiger partial charge on any atom is 0.240 e. The van der Waals surface area contributed by atoms with Crippen molar-refractivity contribution >= 4 is 27.8 Å². The molecule has 0 bridgehead atoms. The number of hydrogen-bond acceptors (Lipinski definition) is 5. The average molecular weight is 377 g/mol. The molecule has 0 aliphatic heterocycles. The molecule has 1 aromatic heterocycles. The van der Waals surface area contributed by atoms with Crippen molar-refractivity contribution in [1.82, 2.24) is 9.46 Å². The summed E-state index contributed by atoms with van der Waals surface area (Å²) >= 11 is 0. The molecular formula is C18H23N3O4S. The van der Waals surface area contributed by atoms with Crippen LogP contribution >= 0.6 is 0 Å². The minimum Gasteiger partial charge on any atom is -0.363 e. The molecule has 2 aromatic rings. The maximum absolute atomic E-state index is 12.7. The Morgan fingerprint density at radius 3 is 2.65 bits per heavy atom. The van der Waals surface area contributed by atoms with E-state index in [1.165, 1.54) is 22.7 Å². The molecule has 1 heterocycles. The quantitative estimate of drug-likeness (QED) is 0.642. The first-order valence-electron chi connectivity index (χ1n) is 8.45. The van der Waals surface area contributed by atoms with E-state index in [0.29, 0.717) is 6.42 Å². The van der Waals surface area contributed by atoms with E-state index < -0.39 is 15.9 Å². The number of benzene rings is 1. The Bertz CT molecular complexity index is 802. The van der Waals surface area contributed by atoms with Crippen molar-refractivity contribution in [3.63, 3.8) is 0 Å². The van der Waals surface area contributed by atoms with Crippen molar-refractivity contribution in [3.05, 3.63) is 53.6 Å². The molecular weight excluding hydrogens is 354 g/mol. The summed E-state index contributed by atoms with van der Waals surface area (Å²) in [7, 11) is -3.73. The summed E-state index contributed by atoms with van der Waals surface area (Å²) < 4.78 is 31.1. The highest BCUT2D eigenvalue weighted by atomic mass is 32.2. The van der Waals surface area contributed by atoms with E-state index in [-0.39, 0.29) is 18.9 Å².